The second kappa shape index (κ2) is 4.42. The zero-order valence-corrected chi connectivity index (χ0v) is 7.71. The Bertz CT molecular complexity index is 325. The van der Waals surface area contributed by atoms with Crippen molar-refractivity contribution in [3.63, 3.8) is 0 Å². The minimum atomic E-state index is 0.518. The first-order valence-electron chi connectivity index (χ1n) is 4.17. The number of anilines is 1. The first kappa shape index (κ1) is 9.47. The van der Waals surface area contributed by atoms with Crippen molar-refractivity contribution in [3.05, 3.63) is 23.8 Å². The fourth-order valence-electron chi connectivity index (χ4n) is 1.000. The average molecular weight is 175 g/mol. The lowest BCUT2D eigenvalue weighted by atomic mass is 10.2. The summed E-state index contributed by atoms with van der Waals surface area (Å²) in [5.74, 6) is 3.22. The van der Waals surface area contributed by atoms with Gasteiger partial charge in [-0.25, -0.2) is 0 Å². The number of nitrogens with two attached hydrogens (primary N) is 1. The Morgan fingerprint density at radius 2 is 2.31 bits per heavy atom. The largest absolute Gasteiger partial charge is 0.490 e. The Morgan fingerprint density at radius 3 is 3.00 bits per heavy atom. The molecule has 0 fully saturated rings. The van der Waals surface area contributed by atoms with Gasteiger partial charge in [0, 0.05) is 6.42 Å². The predicted octanol–water partition coefficient (Wildman–Crippen LogP) is 1.98. The zero-order chi connectivity index (χ0) is 9.68. The maximum Gasteiger partial charge on any atom is 0.142 e. The van der Waals surface area contributed by atoms with Crippen molar-refractivity contribution in [2.75, 3.05) is 12.3 Å². The fourth-order valence-corrected chi connectivity index (χ4v) is 1.000. The van der Waals surface area contributed by atoms with E-state index in [9.17, 15) is 0 Å². The van der Waals surface area contributed by atoms with Gasteiger partial charge in [-0.15, -0.1) is 12.3 Å². The number of rotatable bonds is 3. The van der Waals surface area contributed by atoms with E-state index in [0.717, 1.165) is 11.3 Å². The lowest BCUT2D eigenvalue weighted by molar-refractivity contribution is 0.329. The van der Waals surface area contributed by atoms with E-state index in [0.29, 0.717) is 18.7 Å². The van der Waals surface area contributed by atoms with Crippen LogP contribution in [0.4, 0.5) is 5.69 Å². The topological polar surface area (TPSA) is 35.2 Å². The zero-order valence-electron chi connectivity index (χ0n) is 7.71. The molecule has 0 aliphatic heterocycles. The van der Waals surface area contributed by atoms with Gasteiger partial charge in [-0.1, -0.05) is 12.1 Å². The van der Waals surface area contributed by atoms with Gasteiger partial charge in [0.05, 0.1) is 12.3 Å². The first-order chi connectivity index (χ1) is 6.25. The normalized spacial score (nSPS) is 9.23. The van der Waals surface area contributed by atoms with Crippen molar-refractivity contribution in [2.45, 2.75) is 13.3 Å². The van der Waals surface area contributed by atoms with Gasteiger partial charge in [0.1, 0.15) is 5.75 Å². The molecule has 0 aliphatic carbocycles. The molecule has 0 bridgehead atoms. The quantitative estimate of drug-likeness (QED) is 0.433. The molecule has 0 heterocycles. The molecule has 0 aromatic heterocycles. The standard InChI is InChI=1S/C11H13NO/c1-3-4-8-13-10-7-5-6-9(2)11(10)12/h1,5-7H,4,8,12H2,2H3. The van der Waals surface area contributed by atoms with E-state index in [-0.39, 0.29) is 0 Å². The molecule has 2 nitrogen and oxygen atoms in total. The van der Waals surface area contributed by atoms with Crippen LogP contribution in [0, 0.1) is 19.3 Å². The Labute approximate surface area is 78.7 Å². The second-order valence-corrected chi connectivity index (χ2v) is 2.79. The number of ether oxygens (including phenoxy) is 1. The van der Waals surface area contributed by atoms with E-state index in [4.69, 9.17) is 16.9 Å². The molecule has 0 radical (unpaired) electrons. The van der Waals surface area contributed by atoms with E-state index in [1.165, 1.54) is 0 Å². The molecule has 0 aliphatic rings. The molecule has 1 aromatic carbocycles. The Morgan fingerprint density at radius 1 is 1.54 bits per heavy atom. The summed E-state index contributed by atoms with van der Waals surface area (Å²) in [6, 6.07) is 5.71. The van der Waals surface area contributed by atoms with Crippen LogP contribution < -0.4 is 10.5 Å². The van der Waals surface area contributed by atoms with Crippen molar-refractivity contribution in [1.82, 2.24) is 0 Å². The fraction of sp³-hybridized carbons (Fsp3) is 0.273. The molecular weight excluding hydrogens is 162 g/mol. The molecule has 0 atom stereocenters. The molecule has 2 heteroatoms. The van der Waals surface area contributed by atoms with Gasteiger partial charge in [-0.2, -0.15) is 0 Å². The Balaban J connectivity index is 2.67. The summed E-state index contributed by atoms with van der Waals surface area (Å²) in [4.78, 5) is 0. The molecular formula is C11H13NO. The molecule has 68 valence electrons. The van der Waals surface area contributed by atoms with Crippen LogP contribution in [0.2, 0.25) is 0 Å². The van der Waals surface area contributed by atoms with Crippen LogP contribution in [0.15, 0.2) is 18.2 Å². The minimum absolute atomic E-state index is 0.518. The van der Waals surface area contributed by atoms with Crippen molar-refractivity contribution < 1.29 is 4.74 Å². The highest BCUT2D eigenvalue weighted by Crippen LogP contribution is 2.24. The van der Waals surface area contributed by atoms with Crippen molar-refractivity contribution in [1.29, 1.82) is 0 Å². The summed E-state index contributed by atoms with van der Waals surface area (Å²) in [6.07, 6.45) is 5.70. The maximum atomic E-state index is 5.79. The third-order valence-corrected chi connectivity index (χ3v) is 1.79. The van der Waals surface area contributed by atoms with Crippen LogP contribution >= 0.6 is 0 Å². The number of hydrogen-bond acceptors (Lipinski definition) is 2. The van der Waals surface area contributed by atoms with E-state index in [1.807, 2.05) is 25.1 Å². The lowest BCUT2D eigenvalue weighted by Crippen LogP contribution is -2.00. The van der Waals surface area contributed by atoms with Crippen LogP contribution in [0.25, 0.3) is 0 Å². The third kappa shape index (κ3) is 2.41. The van der Waals surface area contributed by atoms with Crippen LogP contribution in [0.1, 0.15) is 12.0 Å². The van der Waals surface area contributed by atoms with Gasteiger partial charge in [0.15, 0.2) is 0 Å². The van der Waals surface area contributed by atoms with Gasteiger partial charge >= 0.3 is 0 Å². The molecule has 0 saturated carbocycles. The van der Waals surface area contributed by atoms with Crippen molar-refractivity contribution in [3.8, 4) is 18.1 Å². The van der Waals surface area contributed by atoms with Gasteiger partial charge in [-0.3, -0.25) is 0 Å². The summed E-state index contributed by atoms with van der Waals surface area (Å²) in [7, 11) is 0. The monoisotopic (exact) mass is 175 g/mol. The van der Waals surface area contributed by atoms with Crippen LogP contribution in [-0.2, 0) is 0 Å². The molecule has 2 N–H and O–H groups in total. The number of terminal acetylenes is 1. The highest BCUT2D eigenvalue weighted by molar-refractivity contribution is 5.57. The third-order valence-electron chi connectivity index (χ3n) is 1.79. The van der Waals surface area contributed by atoms with Gasteiger partial charge in [-0.05, 0) is 18.6 Å². The van der Waals surface area contributed by atoms with E-state index in [1.54, 1.807) is 0 Å². The predicted molar refractivity (Wildman–Crippen MR) is 54.5 cm³/mol. The summed E-state index contributed by atoms with van der Waals surface area (Å²) >= 11 is 0. The Kier molecular flexibility index (Phi) is 3.22. The number of aryl methyl sites for hydroxylation is 1. The summed E-state index contributed by atoms with van der Waals surface area (Å²) in [5, 5.41) is 0. The van der Waals surface area contributed by atoms with Gasteiger partial charge in [0.25, 0.3) is 0 Å². The van der Waals surface area contributed by atoms with Crippen LogP contribution in [0.5, 0.6) is 5.75 Å². The molecule has 0 spiro atoms. The molecule has 0 unspecified atom stereocenters. The lowest BCUT2D eigenvalue weighted by Gasteiger charge is -2.08. The molecule has 13 heavy (non-hydrogen) atoms. The molecule has 0 saturated heterocycles. The smallest absolute Gasteiger partial charge is 0.142 e. The second-order valence-electron chi connectivity index (χ2n) is 2.79. The highest BCUT2D eigenvalue weighted by atomic mass is 16.5. The van der Waals surface area contributed by atoms with E-state index >= 15 is 0 Å². The molecule has 1 rings (SSSR count). The van der Waals surface area contributed by atoms with Crippen molar-refractivity contribution >= 4 is 5.69 Å². The van der Waals surface area contributed by atoms with E-state index < -0.39 is 0 Å². The van der Waals surface area contributed by atoms with E-state index in [2.05, 4.69) is 5.92 Å². The minimum Gasteiger partial charge on any atom is -0.490 e. The van der Waals surface area contributed by atoms with Gasteiger partial charge < -0.3 is 10.5 Å². The number of para-hydroxylation sites is 1. The molecule has 0 amide bonds. The SMILES string of the molecule is C#CCCOc1cccc(C)c1N. The number of nitrogen functional groups attached to an aromatic ring is 1. The summed E-state index contributed by atoms with van der Waals surface area (Å²) in [6.45, 7) is 2.47. The summed E-state index contributed by atoms with van der Waals surface area (Å²) in [5.41, 5.74) is 7.51. The first-order valence-corrected chi connectivity index (χ1v) is 4.17. The van der Waals surface area contributed by atoms with Crippen LogP contribution in [-0.4, -0.2) is 6.61 Å². The Hall–Kier alpha value is -1.62. The summed E-state index contributed by atoms with van der Waals surface area (Å²) < 4.78 is 5.39. The maximum absolute atomic E-state index is 5.79. The number of hydrogen-bond donors (Lipinski definition) is 1. The molecule has 1 aromatic rings. The van der Waals surface area contributed by atoms with Crippen LogP contribution in [0.3, 0.4) is 0 Å². The highest BCUT2D eigenvalue weighted by Gasteiger charge is 2.00. The average Bonchev–Trinajstić information content (AvgIpc) is 2.13. The number of benzene rings is 1. The van der Waals surface area contributed by atoms with Crippen molar-refractivity contribution in [2.24, 2.45) is 0 Å². The van der Waals surface area contributed by atoms with Gasteiger partial charge in [0.2, 0.25) is 0 Å².